The predicted molar refractivity (Wildman–Crippen MR) is 60.4 cm³/mol. The van der Waals surface area contributed by atoms with E-state index in [-0.39, 0.29) is 5.91 Å². The quantitative estimate of drug-likeness (QED) is 0.686. The smallest absolute Gasteiger partial charge is 0.232 e. The number of carbonyl (C=O) groups excluding carboxylic acids is 1. The van der Waals surface area contributed by atoms with Crippen molar-refractivity contribution in [2.24, 2.45) is 5.73 Å². The lowest BCUT2D eigenvalue weighted by Gasteiger charge is -2.32. The Morgan fingerprint density at radius 2 is 2.36 bits per heavy atom. The molecule has 1 amide bonds. The fraction of sp³-hybridized carbons (Fsp3) is 0.889. The second-order valence-electron chi connectivity index (χ2n) is 3.81. The Labute approximate surface area is 89.8 Å². The molecule has 14 heavy (non-hydrogen) atoms. The molecule has 1 rings (SSSR count). The van der Waals surface area contributed by atoms with Crippen molar-refractivity contribution in [2.45, 2.75) is 5.25 Å². The van der Waals surface area contributed by atoms with Crippen LogP contribution in [0.25, 0.3) is 0 Å². The third-order valence-electron chi connectivity index (χ3n) is 2.30. The summed E-state index contributed by atoms with van der Waals surface area (Å²) in [5.41, 5.74) is 5.60. The summed E-state index contributed by atoms with van der Waals surface area (Å²) >= 11 is 1.68. The Morgan fingerprint density at radius 3 is 2.93 bits per heavy atom. The van der Waals surface area contributed by atoms with E-state index in [0.29, 0.717) is 17.5 Å². The van der Waals surface area contributed by atoms with Crippen LogP contribution in [0.4, 0.5) is 0 Å². The first-order chi connectivity index (χ1) is 6.63. The SMILES string of the molecule is CN(C)CCN1CC(CN)SCC1=O. The number of amides is 1. The summed E-state index contributed by atoms with van der Waals surface area (Å²) in [5.74, 6) is 0.844. The Bertz CT molecular complexity index is 198. The standard InChI is InChI=1S/C9H19N3OS/c1-11(2)3-4-12-6-8(5-10)14-7-9(12)13/h8H,3-7,10H2,1-2H3. The Hall–Kier alpha value is -0.260. The topological polar surface area (TPSA) is 49.6 Å². The average molecular weight is 217 g/mol. The van der Waals surface area contributed by atoms with E-state index in [1.165, 1.54) is 0 Å². The van der Waals surface area contributed by atoms with Gasteiger partial charge in [0, 0.05) is 31.4 Å². The van der Waals surface area contributed by atoms with Crippen LogP contribution >= 0.6 is 11.8 Å². The molecule has 1 atom stereocenters. The van der Waals surface area contributed by atoms with E-state index in [1.54, 1.807) is 11.8 Å². The molecule has 0 spiro atoms. The van der Waals surface area contributed by atoms with Gasteiger partial charge in [0.05, 0.1) is 5.75 Å². The molecule has 2 N–H and O–H groups in total. The third kappa shape index (κ3) is 3.48. The van der Waals surface area contributed by atoms with Gasteiger partial charge in [-0.2, -0.15) is 0 Å². The highest BCUT2D eigenvalue weighted by molar-refractivity contribution is 8.00. The van der Waals surface area contributed by atoms with Crippen LogP contribution in [0.5, 0.6) is 0 Å². The van der Waals surface area contributed by atoms with Gasteiger partial charge in [-0.05, 0) is 14.1 Å². The van der Waals surface area contributed by atoms with Crippen LogP contribution < -0.4 is 5.73 Å². The molecule has 1 fully saturated rings. The maximum absolute atomic E-state index is 11.5. The molecule has 4 nitrogen and oxygen atoms in total. The highest BCUT2D eigenvalue weighted by Gasteiger charge is 2.24. The zero-order valence-corrected chi connectivity index (χ0v) is 9.72. The molecule has 0 bridgehead atoms. The maximum Gasteiger partial charge on any atom is 0.232 e. The van der Waals surface area contributed by atoms with Crippen LogP contribution in [0, 0.1) is 0 Å². The summed E-state index contributed by atoms with van der Waals surface area (Å²) in [6, 6.07) is 0. The minimum atomic E-state index is 0.251. The number of rotatable bonds is 4. The Kier molecular flexibility index (Phi) is 4.71. The van der Waals surface area contributed by atoms with Crippen molar-refractivity contribution in [1.29, 1.82) is 0 Å². The Morgan fingerprint density at radius 1 is 1.64 bits per heavy atom. The van der Waals surface area contributed by atoms with Gasteiger partial charge < -0.3 is 15.5 Å². The van der Waals surface area contributed by atoms with Gasteiger partial charge in [-0.25, -0.2) is 0 Å². The van der Waals surface area contributed by atoms with Gasteiger partial charge in [0.2, 0.25) is 5.91 Å². The minimum Gasteiger partial charge on any atom is -0.340 e. The normalized spacial score (nSPS) is 23.3. The van der Waals surface area contributed by atoms with Crippen LogP contribution in [0.2, 0.25) is 0 Å². The second kappa shape index (κ2) is 5.58. The van der Waals surface area contributed by atoms with Crippen LogP contribution in [0.3, 0.4) is 0 Å². The van der Waals surface area contributed by atoms with E-state index in [9.17, 15) is 4.79 Å². The van der Waals surface area contributed by atoms with Crippen molar-refractivity contribution in [1.82, 2.24) is 9.80 Å². The lowest BCUT2D eigenvalue weighted by atomic mass is 10.3. The van der Waals surface area contributed by atoms with Crippen LogP contribution in [0.15, 0.2) is 0 Å². The van der Waals surface area contributed by atoms with E-state index in [4.69, 9.17) is 5.73 Å². The molecule has 1 aliphatic heterocycles. The lowest BCUT2D eigenvalue weighted by Crippen LogP contribution is -2.47. The predicted octanol–water partition coefficient (Wildman–Crippen LogP) is -0.549. The van der Waals surface area contributed by atoms with Crippen molar-refractivity contribution in [3.63, 3.8) is 0 Å². The number of nitrogens with two attached hydrogens (primary N) is 1. The van der Waals surface area contributed by atoms with Crippen LogP contribution in [0.1, 0.15) is 0 Å². The summed E-state index contributed by atoms with van der Waals surface area (Å²) in [7, 11) is 4.03. The van der Waals surface area contributed by atoms with Crippen molar-refractivity contribution in [3.8, 4) is 0 Å². The van der Waals surface area contributed by atoms with Crippen molar-refractivity contribution >= 4 is 17.7 Å². The van der Waals surface area contributed by atoms with Crippen molar-refractivity contribution < 1.29 is 4.79 Å². The lowest BCUT2D eigenvalue weighted by molar-refractivity contribution is -0.128. The molecule has 82 valence electrons. The van der Waals surface area contributed by atoms with Gasteiger partial charge in [0.15, 0.2) is 0 Å². The number of carbonyl (C=O) groups is 1. The Balaban J connectivity index is 2.36. The molecule has 1 saturated heterocycles. The number of hydrogen-bond acceptors (Lipinski definition) is 4. The average Bonchev–Trinajstić information content (AvgIpc) is 2.16. The molecule has 1 aliphatic rings. The molecule has 0 aromatic carbocycles. The minimum absolute atomic E-state index is 0.251. The number of thioether (sulfide) groups is 1. The first kappa shape index (κ1) is 11.8. The number of nitrogens with zero attached hydrogens (tertiary/aromatic N) is 2. The summed E-state index contributed by atoms with van der Waals surface area (Å²) in [5, 5.41) is 0.426. The van der Waals surface area contributed by atoms with Crippen LogP contribution in [-0.4, -0.2) is 67.0 Å². The molecule has 0 aliphatic carbocycles. The highest BCUT2D eigenvalue weighted by Crippen LogP contribution is 2.18. The first-order valence-corrected chi connectivity index (χ1v) is 5.92. The molecule has 1 heterocycles. The fourth-order valence-corrected chi connectivity index (χ4v) is 2.34. The molecular weight excluding hydrogens is 198 g/mol. The third-order valence-corrected chi connectivity index (χ3v) is 3.53. The number of hydrogen-bond donors (Lipinski definition) is 1. The van der Waals surface area contributed by atoms with Gasteiger partial charge in [-0.1, -0.05) is 0 Å². The maximum atomic E-state index is 11.5. The monoisotopic (exact) mass is 217 g/mol. The molecule has 0 saturated carbocycles. The van der Waals surface area contributed by atoms with Gasteiger partial charge >= 0.3 is 0 Å². The summed E-state index contributed by atoms with van der Waals surface area (Å²) in [4.78, 5) is 15.5. The van der Waals surface area contributed by atoms with Gasteiger partial charge in [-0.15, -0.1) is 11.8 Å². The van der Waals surface area contributed by atoms with E-state index in [2.05, 4.69) is 4.90 Å². The first-order valence-electron chi connectivity index (χ1n) is 4.87. The van der Waals surface area contributed by atoms with Crippen LogP contribution in [-0.2, 0) is 4.79 Å². The molecular formula is C9H19N3OS. The van der Waals surface area contributed by atoms with Gasteiger partial charge in [0.25, 0.3) is 0 Å². The summed E-state index contributed by atoms with van der Waals surface area (Å²) in [6.07, 6.45) is 0. The molecule has 0 aromatic rings. The molecule has 0 radical (unpaired) electrons. The van der Waals surface area contributed by atoms with E-state index in [0.717, 1.165) is 19.6 Å². The molecule has 5 heteroatoms. The van der Waals surface area contributed by atoms with Gasteiger partial charge in [-0.3, -0.25) is 4.79 Å². The zero-order chi connectivity index (χ0) is 10.6. The highest BCUT2D eigenvalue weighted by atomic mass is 32.2. The second-order valence-corrected chi connectivity index (χ2v) is 5.10. The van der Waals surface area contributed by atoms with E-state index in [1.807, 2.05) is 19.0 Å². The van der Waals surface area contributed by atoms with Crippen molar-refractivity contribution in [3.05, 3.63) is 0 Å². The largest absolute Gasteiger partial charge is 0.340 e. The van der Waals surface area contributed by atoms with Gasteiger partial charge in [0.1, 0.15) is 0 Å². The van der Waals surface area contributed by atoms with E-state index >= 15 is 0 Å². The van der Waals surface area contributed by atoms with E-state index < -0.39 is 0 Å². The molecule has 0 aromatic heterocycles. The fourth-order valence-electron chi connectivity index (χ4n) is 1.36. The number of likely N-dealkylation sites (N-methyl/N-ethyl adjacent to an activating group) is 1. The zero-order valence-electron chi connectivity index (χ0n) is 8.90. The summed E-state index contributed by atoms with van der Waals surface area (Å²) in [6.45, 7) is 3.22. The summed E-state index contributed by atoms with van der Waals surface area (Å²) < 4.78 is 0. The molecule has 1 unspecified atom stereocenters. The van der Waals surface area contributed by atoms with Crippen molar-refractivity contribution in [2.75, 3.05) is 46.0 Å².